The SMILES string of the molecule is CN1CCCCC1Cc1ncc(CCCN)s1. The first-order valence-electron chi connectivity index (χ1n) is 6.63. The molecule has 2 rings (SSSR count). The van der Waals surface area contributed by atoms with E-state index in [0.29, 0.717) is 6.04 Å². The molecule has 17 heavy (non-hydrogen) atoms. The van der Waals surface area contributed by atoms with E-state index in [-0.39, 0.29) is 0 Å². The van der Waals surface area contributed by atoms with Crippen LogP contribution in [0.25, 0.3) is 0 Å². The van der Waals surface area contributed by atoms with Crippen molar-refractivity contribution < 1.29 is 0 Å². The summed E-state index contributed by atoms with van der Waals surface area (Å²) in [4.78, 5) is 8.43. The van der Waals surface area contributed by atoms with Gasteiger partial charge >= 0.3 is 0 Å². The Morgan fingerprint density at radius 2 is 2.41 bits per heavy atom. The zero-order valence-electron chi connectivity index (χ0n) is 10.7. The van der Waals surface area contributed by atoms with Crippen LogP contribution in [-0.2, 0) is 12.8 Å². The summed E-state index contributed by atoms with van der Waals surface area (Å²) in [5.41, 5.74) is 5.53. The third kappa shape index (κ3) is 3.76. The second-order valence-electron chi connectivity index (χ2n) is 4.95. The Labute approximate surface area is 108 Å². The molecule has 1 saturated heterocycles. The smallest absolute Gasteiger partial charge is 0.0943 e. The van der Waals surface area contributed by atoms with Crippen LogP contribution in [0.15, 0.2) is 6.20 Å². The highest BCUT2D eigenvalue weighted by molar-refractivity contribution is 7.11. The molecule has 0 spiro atoms. The number of aromatic nitrogens is 1. The van der Waals surface area contributed by atoms with Gasteiger partial charge in [-0.05, 0) is 45.8 Å². The van der Waals surface area contributed by atoms with Crippen molar-refractivity contribution in [3.8, 4) is 0 Å². The molecule has 0 aromatic carbocycles. The van der Waals surface area contributed by atoms with Crippen molar-refractivity contribution in [2.75, 3.05) is 20.1 Å². The summed E-state index contributed by atoms with van der Waals surface area (Å²) in [6.45, 7) is 2.02. The van der Waals surface area contributed by atoms with Crippen LogP contribution in [0.5, 0.6) is 0 Å². The summed E-state index contributed by atoms with van der Waals surface area (Å²) in [7, 11) is 2.24. The van der Waals surface area contributed by atoms with Crippen molar-refractivity contribution in [1.29, 1.82) is 0 Å². The maximum absolute atomic E-state index is 5.53. The van der Waals surface area contributed by atoms with E-state index in [1.54, 1.807) is 0 Å². The topological polar surface area (TPSA) is 42.2 Å². The molecule has 1 unspecified atom stereocenters. The van der Waals surface area contributed by atoms with E-state index >= 15 is 0 Å². The molecule has 1 aliphatic heterocycles. The first kappa shape index (κ1) is 13.0. The molecule has 1 aromatic rings. The largest absolute Gasteiger partial charge is 0.330 e. The lowest BCUT2D eigenvalue weighted by molar-refractivity contribution is 0.184. The van der Waals surface area contributed by atoms with Crippen LogP contribution < -0.4 is 5.73 Å². The average Bonchev–Trinajstić information content (AvgIpc) is 2.77. The van der Waals surface area contributed by atoms with Crippen LogP contribution >= 0.6 is 11.3 Å². The van der Waals surface area contributed by atoms with Gasteiger partial charge in [0.15, 0.2) is 0 Å². The number of likely N-dealkylation sites (tertiary alicyclic amines) is 1. The number of likely N-dealkylation sites (N-methyl/N-ethyl adjacent to an activating group) is 1. The van der Waals surface area contributed by atoms with Crippen LogP contribution in [0.2, 0.25) is 0 Å². The zero-order chi connectivity index (χ0) is 12.1. The Morgan fingerprint density at radius 1 is 1.53 bits per heavy atom. The molecule has 1 atom stereocenters. The Hall–Kier alpha value is -0.450. The van der Waals surface area contributed by atoms with E-state index in [1.165, 1.54) is 35.7 Å². The van der Waals surface area contributed by atoms with Gasteiger partial charge in [0.05, 0.1) is 5.01 Å². The predicted octanol–water partition coefficient (Wildman–Crippen LogP) is 2.06. The van der Waals surface area contributed by atoms with Gasteiger partial charge in [0.2, 0.25) is 0 Å². The molecule has 1 aromatic heterocycles. The maximum Gasteiger partial charge on any atom is 0.0943 e. The first-order chi connectivity index (χ1) is 8.29. The molecule has 0 amide bonds. The molecule has 3 nitrogen and oxygen atoms in total. The van der Waals surface area contributed by atoms with E-state index < -0.39 is 0 Å². The molecule has 1 fully saturated rings. The monoisotopic (exact) mass is 253 g/mol. The molecular formula is C13H23N3S. The minimum Gasteiger partial charge on any atom is -0.330 e. The number of nitrogens with zero attached hydrogens (tertiary/aromatic N) is 2. The van der Waals surface area contributed by atoms with Gasteiger partial charge in [-0.3, -0.25) is 0 Å². The number of thiazole rings is 1. The fourth-order valence-electron chi connectivity index (χ4n) is 2.44. The predicted molar refractivity (Wildman–Crippen MR) is 73.5 cm³/mol. The van der Waals surface area contributed by atoms with Gasteiger partial charge in [-0.15, -0.1) is 11.3 Å². The molecule has 0 saturated carbocycles. The zero-order valence-corrected chi connectivity index (χ0v) is 11.5. The van der Waals surface area contributed by atoms with E-state index in [0.717, 1.165) is 25.8 Å². The Bertz CT molecular complexity index is 337. The minimum absolute atomic E-state index is 0.706. The van der Waals surface area contributed by atoms with Gasteiger partial charge in [0, 0.05) is 23.5 Å². The van der Waals surface area contributed by atoms with Crippen molar-refractivity contribution in [3.63, 3.8) is 0 Å². The van der Waals surface area contributed by atoms with Gasteiger partial charge in [-0.1, -0.05) is 6.42 Å². The number of hydrogen-bond donors (Lipinski definition) is 1. The maximum atomic E-state index is 5.53. The van der Waals surface area contributed by atoms with Crippen molar-refractivity contribution in [2.45, 2.75) is 44.6 Å². The molecule has 1 aliphatic rings. The number of nitrogens with two attached hydrogens (primary N) is 1. The molecule has 0 aliphatic carbocycles. The van der Waals surface area contributed by atoms with Crippen LogP contribution in [0, 0.1) is 0 Å². The lowest BCUT2D eigenvalue weighted by Gasteiger charge is -2.31. The van der Waals surface area contributed by atoms with Gasteiger partial charge in [-0.2, -0.15) is 0 Å². The normalized spacial score (nSPS) is 21.9. The van der Waals surface area contributed by atoms with Gasteiger partial charge < -0.3 is 10.6 Å². The third-order valence-electron chi connectivity index (χ3n) is 3.56. The van der Waals surface area contributed by atoms with Gasteiger partial charge in [0.1, 0.15) is 0 Å². The summed E-state index contributed by atoms with van der Waals surface area (Å²) in [5.74, 6) is 0. The summed E-state index contributed by atoms with van der Waals surface area (Å²) in [6.07, 6.45) is 9.39. The van der Waals surface area contributed by atoms with Gasteiger partial charge in [0.25, 0.3) is 0 Å². The highest BCUT2D eigenvalue weighted by atomic mass is 32.1. The van der Waals surface area contributed by atoms with E-state index in [9.17, 15) is 0 Å². The standard InChI is InChI=1S/C13H23N3S/c1-16-8-3-2-5-11(16)9-13-15-10-12(17-13)6-4-7-14/h10-11H,2-9,14H2,1H3. The Kier molecular flexibility index (Phi) is 4.95. The fraction of sp³-hybridized carbons (Fsp3) is 0.769. The summed E-state index contributed by atoms with van der Waals surface area (Å²) in [5, 5.41) is 1.30. The van der Waals surface area contributed by atoms with Crippen molar-refractivity contribution in [2.24, 2.45) is 5.73 Å². The minimum atomic E-state index is 0.706. The van der Waals surface area contributed by atoms with Crippen LogP contribution in [-0.4, -0.2) is 36.1 Å². The Morgan fingerprint density at radius 3 is 3.18 bits per heavy atom. The van der Waals surface area contributed by atoms with Crippen molar-refractivity contribution in [3.05, 3.63) is 16.1 Å². The van der Waals surface area contributed by atoms with E-state index in [1.807, 2.05) is 17.5 Å². The summed E-state index contributed by atoms with van der Waals surface area (Å²) >= 11 is 1.88. The molecule has 0 radical (unpaired) electrons. The van der Waals surface area contributed by atoms with Crippen LogP contribution in [0.3, 0.4) is 0 Å². The molecule has 2 heterocycles. The number of piperidine rings is 1. The highest BCUT2D eigenvalue weighted by Gasteiger charge is 2.20. The van der Waals surface area contributed by atoms with Crippen molar-refractivity contribution >= 4 is 11.3 Å². The second-order valence-corrected chi connectivity index (χ2v) is 6.15. The lowest BCUT2D eigenvalue weighted by atomic mass is 10.0. The van der Waals surface area contributed by atoms with Crippen LogP contribution in [0.4, 0.5) is 0 Å². The molecule has 2 N–H and O–H groups in total. The van der Waals surface area contributed by atoms with Crippen LogP contribution in [0.1, 0.15) is 35.6 Å². The highest BCUT2D eigenvalue weighted by Crippen LogP contribution is 2.22. The lowest BCUT2D eigenvalue weighted by Crippen LogP contribution is -2.37. The van der Waals surface area contributed by atoms with Crippen molar-refractivity contribution in [1.82, 2.24) is 9.88 Å². The summed E-state index contributed by atoms with van der Waals surface area (Å²) < 4.78 is 0. The summed E-state index contributed by atoms with van der Waals surface area (Å²) in [6, 6.07) is 0.706. The fourth-order valence-corrected chi connectivity index (χ4v) is 3.47. The Balaban J connectivity index is 1.87. The first-order valence-corrected chi connectivity index (χ1v) is 7.45. The number of rotatable bonds is 5. The average molecular weight is 253 g/mol. The molecule has 96 valence electrons. The second kappa shape index (κ2) is 6.47. The van der Waals surface area contributed by atoms with Gasteiger partial charge in [-0.25, -0.2) is 4.98 Å². The number of aryl methyl sites for hydroxylation is 1. The molecular weight excluding hydrogens is 230 g/mol. The van der Waals surface area contributed by atoms with E-state index in [4.69, 9.17) is 5.73 Å². The third-order valence-corrected chi connectivity index (χ3v) is 4.64. The van der Waals surface area contributed by atoms with E-state index in [2.05, 4.69) is 16.9 Å². The quantitative estimate of drug-likeness (QED) is 0.873. The molecule has 0 bridgehead atoms. The number of hydrogen-bond acceptors (Lipinski definition) is 4. The molecule has 4 heteroatoms.